The molecule has 1 unspecified atom stereocenters. The predicted molar refractivity (Wildman–Crippen MR) is 114 cm³/mol. The summed E-state index contributed by atoms with van der Waals surface area (Å²) < 4.78 is 38.1. The van der Waals surface area contributed by atoms with Crippen LogP contribution < -0.4 is 5.32 Å². The zero-order valence-corrected chi connectivity index (χ0v) is 17.3. The number of rotatable bonds is 6. The van der Waals surface area contributed by atoms with E-state index in [1.54, 1.807) is 12.4 Å². The lowest BCUT2D eigenvalue weighted by Crippen LogP contribution is -2.42. The second-order valence-electron chi connectivity index (χ2n) is 7.87. The largest absolute Gasteiger partial charge is 0.416 e. The van der Waals surface area contributed by atoms with Gasteiger partial charge in [0, 0.05) is 31.0 Å². The van der Waals surface area contributed by atoms with Gasteiger partial charge in [-0.05, 0) is 48.2 Å². The first-order valence-electron chi connectivity index (χ1n) is 10.4. The Kier molecular flexibility index (Phi) is 6.50. The predicted octanol–water partition coefficient (Wildman–Crippen LogP) is 4.44. The Labute approximate surface area is 184 Å². The third kappa shape index (κ3) is 5.31. The molecule has 8 heteroatoms. The molecule has 3 aromatic rings. The molecule has 4 rings (SSSR count). The molecule has 1 saturated heterocycles. The molecular formula is C24H23F3N4O. The summed E-state index contributed by atoms with van der Waals surface area (Å²) in [6, 6.07) is 12.7. The number of hydrogen-bond donors (Lipinski definition) is 1. The van der Waals surface area contributed by atoms with Crippen molar-refractivity contribution in [3.8, 4) is 11.1 Å². The Balaban J connectivity index is 1.33. The van der Waals surface area contributed by atoms with E-state index in [-0.39, 0.29) is 18.5 Å². The summed E-state index contributed by atoms with van der Waals surface area (Å²) in [5.74, 6) is -0.0968. The van der Waals surface area contributed by atoms with Crippen molar-refractivity contribution in [3.63, 3.8) is 0 Å². The molecule has 2 heterocycles. The number of aromatic nitrogens is 2. The fourth-order valence-electron chi connectivity index (χ4n) is 3.92. The standard InChI is InChI=1S/C24H23F3N4O/c25-24(26,27)21-9-5-17(6-10-21)12-30-23(32)22-2-1-11-31(22)15-18-3-7-19(8-4-18)20-13-28-16-29-14-20/h3-10,13-14,16,22H,1-2,11-12,15H2,(H,30,32). The highest BCUT2D eigenvalue weighted by Crippen LogP contribution is 2.29. The molecule has 5 nitrogen and oxygen atoms in total. The fourth-order valence-corrected chi connectivity index (χ4v) is 3.92. The summed E-state index contributed by atoms with van der Waals surface area (Å²) in [4.78, 5) is 23.0. The summed E-state index contributed by atoms with van der Waals surface area (Å²) in [5, 5.41) is 2.87. The molecule has 1 aromatic heterocycles. The van der Waals surface area contributed by atoms with Crippen LogP contribution >= 0.6 is 0 Å². The first kappa shape index (κ1) is 22.0. The van der Waals surface area contributed by atoms with Crippen LogP contribution in [0.1, 0.15) is 29.5 Å². The van der Waals surface area contributed by atoms with Gasteiger partial charge in [-0.3, -0.25) is 9.69 Å². The van der Waals surface area contributed by atoms with Gasteiger partial charge in [-0.15, -0.1) is 0 Å². The molecule has 166 valence electrons. The van der Waals surface area contributed by atoms with Crippen molar-refractivity contribution in [3.05, 3.63) is 83.9 Å². The second kappa shape index (κ2) is 9.48. The summed E-state index contributed by atoms with van der Waals surface area (Å²) in [6.45, 7) is 1.69. The molecule has 0 radical (unpaired) electrons. The quantitative estimate of drug-likeness (QED) is 0.616. The van der Waals surface area contributed by atoms with Gasteiger partial charge < -0.3 is 5.32 Å². The van der Waals surface area contributed by atoms with Gasteiger partial charge in [-0.25, -0.2) is 9.97 Å². The third-order valence-corrected chi connectivity index (χ3v) is 5.65. The van der Waals surface area contributed by atoms with E-state index in [9.17, 15) is 18.0 Å². The maximum atomic E-state index is 12.7. The van der Waals surface area contributed by atoms with Crippen molar-refractivity contribution in [2.75, 3.05) is 6.54 Å². The maximum Gasteiger partial charge on any atom is 0.416 e. The van der Waals surface area contributed by atoms with E-state index in [1.807, 2.05) is 24.3 Å². The van der Waals surface area contributed by atoms with E-state index >= 15 is 0 Å². The Morgan fingerprint density at radius 3 is 2.28 bits per heavy atom. The smallest absolute Gasteiger partial charge is 0.351 e. The van der Waals surface area contributed by atoms with Crippen molar-refractivity contribution in [1.82, 2.24) is 20.2 Å². The molecular weight excluding hydrogens is 417 g/mol. The number of hydrogen-bond acceptors (Lipinski definition) is 4. The molecule has 1 N–H and O–H groups in total. The van der Waals surface area contributed by atoms with Crippen LogP contribution in [0.3, 0.4) is 0 Å². The van der Waals surface area contributed by atoms with Crippen LogP contribution in [-0.4, -0.2) is 33.4 Å². The van der Waals surface area contributed by atoms with Gasteiger partial charge in [0.15, 0.2) is 0 Å². The Bertz CT molecular complexity index is 1040. The van der Waals surface area contributed by atoms with Gasteiger partial charge in [-0.2, -0.15) is 13.2 Å². The molecule has 0 bridgehead atoms. The van der Waals surface area contributed by atoms with Crippen LogP contribution in [0.25, 0.3) is 11.1 Å². The van der Waals surface area contributed by atoms with Crippen LogP contribution in [0.4, 0.5) is 13.2 Å². The van der Waals surface area contributed by atoms with Crippen molar-refractivity contribution in [2.24, 2.45) is 0 Å². The summed E-state index contributed by atoms with van der Waals surface area (Å²) in [5.41, 5.74) is 3.02. The molecule has 1 fully saturated rings. The minimum absolute atomic E-state index is 0.0968. The lowest BCUT2D eigenvalue weighted by molar-refractivity contribution is -0.137. The van der Waals surface area contributed by atoms with E-state index in [1.165, 1.54) is 18.5 Å². The molecule has 1 atom stereocenters. The SMILES string of the molecule is O=C(NCc1ccc(C(F)(F)F)cc1)C1CCCN1Cc1ccc(-c2cncnc2)cc1. The van der Waals surface area contributed by atoms with Crippen molar-refractivity contribution in [2.45, 2.75) is 38.1 Å². The van der Waals surface area contributed by atoms with Gasteiger partial charge in [0.25, 0.3) is 0 Å². The van der Waals surface area contributed by atoms with Gasteiger partial charge in [0.2, 0.25) is 5.91 Å². The summed E-state index contributed by atoms with van der Waals surface area (Å²) in [7, 11) is 0. The highest BCUT2D eigenvalue weighted by molar-refractivity contribution is 5.82. The number of alkyl halides is 3. The monoisotopic (exact) mass is 440 g/mol. The normalized spacial score (nSPS) is 16.8. The first-order valence-corrected chi connectivity index (χ1v) is 10.4. The Morgan fingerprint density at radius 1 is 0.969 bits per heavy atom. The van der Waals surface area contributed by atoms with Crippen LogP contribution in [0, 0.1) is 0 Å². The zero-order chi connectivity index (χ0) is 22.6. The molecule has 1 aliphatic rings. The molecule has 32 heavy (non-hydrogen) atoms. The summed E-state index contributed by atoms with van der Waals surface area (Å²) in [6.07, 6.45) is 2.35. The average molecular weight is 440 g/mol. The molecule has 0 spiro atoms. The van der Waals surface area contributed by atoms with Gasteiger partial charge >= 0.3 is 6.18 Å². The number of benzene rings is 2. The number of carbonyl (C=O) groups excluding carboxylic acids is 1. The van der Waals surface area contributed by atoms with Crippen LogP contribution in [-0.2, 0) is 24.1 Å². The van der Waals surface area contributed by atoms with Crippen LogP contribution in [0.5, 0.6) is 0 Å². The molecule has 0 saturated carbocycles. The fraction of sp³-hybridized carbons (Fsp3) is 0.292. The molecule has 1 aliphatic heterocycles. The van der Waals surface area contributed by atoms with E-state index in [0.717, 1.165) is 48.2 Å². The third-order valence-electron chi connectivity index (χ3n) is 5.65. The average Bonchev–Trinajstić information content (AvgIpc) is 3.26. The van der Waals surface area contributed by atoms with E-state index < -0.39 is 11.7 Å². The van der Waals surface area contributed by atoms with Crippen molar-refractivity contribution >= 4 is 5.91 Å². The van der Waals surface area contributed by atoms with Gasteiger partial charge in [0.05, 0.1) is 11.6 Å². The van der Waals surface area contributed by atoms with E-state index in [4.69, 9.17) is 0 Å². The molecule has 2 aromatic carbocycles. The van der Waals surface area contributed by atoms with E-state index in [0.29, 0.717) is 12.1 Å². The zero-order valence-electron chi connectivity index (χ0n) is 17.3. The first-order chi connectivity index (χ1) is 15.4. The van der Waals surface area contributed by atoms with Crippen molar-refractivity contribution < 1.29 is 18.0 Å². The minimum Gasteiger partial charge on any atom is -0.351 e. The Morgan fingerprint density at radius 2 is 1.62 bits per heavy atom. The second-order valence-corrected chi connectivity index (χ2v) is 7.87. The van der Waals surface area contributed by atoms with Gasteiger partial charge in [-0.1, -0.05) is 36.4 Å². The lowest BCUT2D eigenvalue weighted by Gasteiger charge is -2.24. The number of nitrogens with zero attached hydrogens (tertiary/aromatic N) is 3. The van der Waals surface area contributed by atoms with Crippen molar-refractivity contribution in [1.29, 1.82) is 0 Å². The number of halogens is 3. The number of amides is 1. The Hall–Kier alpha value is -3.26. The number of carbonyl (C=O) groups is 1. The highest BCUT2D eigenvalue weighted by Gasteiger charge is 2.31. The van der Waals surface area contributed by atoms with Crippen LogP contribution in [0.15, 0.2) is 67.3 Å². The number of likely N-dealkylation sites (tertiary alicyclic amines) is 1. The van der Waals surface area contributed by atoms with E-state index in [2.05, 4.69) is 20.2 Å². The topological polar surface area (TPSA) is 58.1 Å². The molecule has 1 amide bonds. The highest BCUT2D eigenvalue weighted by atomic mass is 19.4. The molecule has 0 aliphatic carbocycles. The lowest BCUT2D eigenvalue weighted by atomic mass is 10.1. The van der Waals surface area contributed by atoms with Gasteiger partial charge in [0.1, 0.15) is 6.33 Å². The number of nitrogens with one attached hydrogen (secondary N) is 1. The maximum absolute atomic E-state index is 12.7. The minimum atomic E-state index is -4.36. The van der Waals surface area contributed by atoms with Crippen LogP contribution in [0.2, 0.25) is 0 Å². The summed E-state index contributed by atoms with van der Waals surface area (Å²) >= 11 is 0.